The van der Waals surface area contributed by atoms with E-state index in [1.807, 2.05) is 0 Å². The van der Waals surface area contributed by atoms with E-state index < -0.39 is 14.8 Å². The van der Waals surface area contributed by atoms with Gasteiger partial charge in [0.2, 0.25) is 10.0 Å². The number of hydrogen-bond donors (Lipinski definition) is 1. The topological polar surface area (TPSA) is 72.0 Å². The Bertz CT molecular complexity index is 449. The van der Waals surface area contributed by atoms with Crippen LogP contribution in [0.3, 0.4) is 0 Å². The predicted octanol–water partition coefficient (Wildman–Crippen LogP) is 1.33. The first kappa shape index (κ1) is 11.9. The van der Waals surface area contributed by atoms with Crippen LogP contribution in [0.2, 0.25) is 0 Å². The summed E-state index contributed by atoms with van der Waals surface area (Å²) in [6, 6.07) is 0. The van der Waals surface area contributed by atoms with Gasteiger partial charge in [-0.15, -0.1) is 0 Å². The zero-order valence-electron chi connectivity index (χ0n) is 9.27. The van der Waals surface area contributed by atoms with Crippen LogP contribution < -0.4 is 4.72 Å². The minimum absolute atomic E-state index is 0.424. The zero-order chi connectivity index (χ0) is 11.7. The van der Waals surface area contributed by atoms with Crippen molar-refractivity contribution in [1.29, 1.82) is 0 Å². The molecule has 1 aromatic rings. The quantitative estimate of drug-likeness (QED) is 0.830. The molecule has 0 saturated heterocycles. The maximum Gasteiger partial charge on any atom is 0.237 e. The molecule has 0 saturated carbocycles. The van der Waals surface area contributed by atoms with Crippen LogP contribution >= 0.6 is 0 Å². The number of sulfonamides is 1. The van der Waals surface area contributed by atoms with Gasteiger partial charge < -0.3 is 0 Å². The molecule has 1 rings (SSSR count). The van der Waals surface area contributed by atoms with Crippen LogP contribution in [0, 0.1) is 6.92 Å². The van der Waals surface area contributed by atoms with E-state index in [0.29, 0.717) is 11.4 Å². The molecule has 15 heavy (non-hydrogen) atoms. The van der Waals surface area contributed by atoms with Crippen molar-refractivity contribution in [2.75, 3.05) is 4.72 Å². The van der Waals surface area contributed by atoms with Crippen molar-refractivity contribution in [2.45, 2.75) is 32.4 Å². The Morgan fingerprint density at radius 2 is 1.93 bits per heavy atom. The highest BCUT2D eigenvalue weighted by atomic mass is 32.2. The summed E-state index contributed by atoms with van der Waals surface area (Å²) in [6.45, 7) is 6.62. The molecule has 1 heterocycles. The van der Waals surface area contributed by atoms with E-state index in [2.05, 4.69) is 14.7 Å². The molecule has 0 atom stereocenters. The summed E-state index contributed by atoms with van der Waals surface area (Å²) in [6.07, 6.45) is 2.83. The second-order valence-electron chi connectivity index (χ2n) is 4.24. The highest BCUT2D eigenvalue weighted by molar-refractivity contribution is 7.94. The van der Waals surface area contributed by atoms with Crippen LogP contribution in [0.25, 0.3) is 0 Å². The lowest BCUT2D eigenvalue weighted by Gasteiger charge is -2.20. The molecule has 0 aliphatic carbocycles. The van der Waals surface area contributed by atoms with Gasteiger partial charge in [0, 0.05) is 0 Å². The lowest BCUT2D eigenvalue weighted by molar-refractivity contribution is 0.566. The standard InChI is InChI=1S/C9H15N3O2S/c1-7-8(5-10-6-11-7)12-15(13,14)9(2,3)4/h5-6,12H,1-4H3. The first-order chi connectivity index (χ1) is 6.74. The average molecular weight is 229 g/mol. The van der Waals surface area contributed by atoms with Gasteiger partial charge in [-0.1, -0.05) is 0 Å². The molecule has 0 aliphatic rings. The average Bonchev–Trinajstić information content (AvgIpc) is 2.06. The summed E-state index contributed by atoms with van der Waals surface area (Å²) in [4.78, 5) is 7.68. The molecule has 0 spiro atoms. The summed E-state index contributed by atoms with van der Waals surface area (Å²) < 4.78 is 25.2. The Balaban J connectivity index is 3.03. The van der Waals surface area contributed by atoms with E-state index >= 15 is 0 Å². The summed E-state index contributed by atoms with van der Waals surface area (Å²) in [7, 11) is -3.40. The number of aromatic nitrogens is 2. The predicted molar refractivity (Wildman–Crippen MR) is 59.1 cm³/mol. The molecule has 1 aromatic heterocycles. The van der Waals surface area contributed by atoms with Crippen molar-refractivity contribution in [1.82, 2.24) is 9.97 Å². The van der Waals surface area contributed by atoms with Gasteiger partial charge in [0.15, 0.2) is 0 Å². The maximum absolute atomic E-state index is 11.8. The largest absolute Gasteiger partial charge is 0.280 e. The second kappa shape index (κ2) is 3.77. The van der Waals surface area contributed by atoms with Gasteiger partial charge >= 0.3 is 0 Å². The van der Waals surface area contributed by atoms with Gasteiger partial charge in [-0.05, 0) is 27.7 Å². The van der Waals surface area contributed by atoms with Gasteiger partial charge in [0.25, 0.3) is 0 Å². The molecule has 0 radical (unpaired) electrons. The van der Waals surface area contributed by atoms with Gasteiger partial charge in [-0.25, -0.2) is 18.4 Å². The zero-order valence-corrected chi connectivity index (χ0v) is 10.1. The van der Waals surface area contributed by atoms with E-state index in [1.165, 1.54) is 12.5 Å². The highest BCUT2D eigenvalue weighted by Crippen LogP contribution is 2.19. The molecule has 0 amide bonds. The minimum Gasteiger partial charge on any atom is -0.280 e. The van der Waals surface area contributed by atoms with Crippen molar-refractivity contribution in [3.8, 4) is 0 Å². The lowest BCUT2D eigenvalue weighted by atomic mass is 10.3. The van der Waals surface area contributed by atoms with Crippen LogP contribution in [0.5, 0.6) is 0 Å². The third-order valence-electron chi connectivity index (χ3n) is 1.96. The Morgan fingerprint density at radius 3 is 2.40 bits per heavy atom. The number of rotatable bonds is 2. The third kappa shape index (κ3) is 2.65. The van der Waals surface area contributed by atoms with Crippen molar-refractivity contribution in [3.05, 3.63) is 18.2 Å². The molecule has 0 aromatic carbocycles. The Labute approximate surface area is 90.0 Å². The fraction of sp³-hybridized carbons (Fsp3) is 0.556. The van der Waals surface area contributed by atoms with Crippen LogP contribution in [-0.2, 0) is 10.0 Å². The Kier molecular flexibility index (Phi) is 2.99. The first-order valence-electron chi connectivity index (χ1n) is 4.53. The van der Waals surface area contributed by atoms with E-state index in [0.717, 1.165) is 0 Å². The SMILES string of the molecule is Cc1ncncc1NS(=O)(=O)C(C)(C)C. The van der Waals surface area contributed by atoms with Crippen LogP contribution in [0.15, 0.2) is 12.5 Å². The van der Waals surface area contributed by atoms with Gasteiger partial charge in [-0.3, -0.25) is 4.72 Å². The third-order valence-corrected chi connectivity index (χ3v) is 4.06. The van der Waals surface area contributed by atoms with E-state index in [4.69, 9.17) is 0 Å². The molecule has 0 aliphatic heterocycles. The van der Waals surface area contributed by atoms with E-state index in [-0.39, 0.29) is 0 Å². The summed E-state index contributed by atoms with van der Waals surface area (Å²) in [5, 5.41) is 0. The number of nitrogens with one attached hydrogen (secondary N) is 1. The van der Waals surface area contributed by atoms with Crippen molar-refractivity contribution < 1.29 is 8.42 Å². The minimum atomic E-state index is -3.40. The summed E-state index contributed by atoms with van der Waals surface area (Å²) >= 11 is 0. The summed E-state index contributed by atoms with van der Waals surface area (Å²) in [5.41, 5.74) is 1.03. The number of anilines is 1. The summed E-state index contributed by atoms with van der Waals surface area (Å²) in [5.74, 6) is 0. The fourth-order valence-electron chi connectivity index (χ4n) is 0.789. The van der Waals surface area contributed by atoms with Crippen LogP contribution in [-0.4, -0.2) is 23.1 Å². The first-order valence-corrected chi connectivity index (χ1v) is 6.01. The molecule has 1 N–H and O–H groups in total. The number of aryl methyl sites for hydroxylation is 1. The van der Waals surface area contributed by atoms with Crippen molar-refractivity contribution in [2.24, 2.45) is 0 Å². The fourth-order valence-corrected chi connectivity index (χ4v) is 1.58. The maximum atomic E-state index is 11.8. The monoisotopic (exact) mass is 229 g/mol. The number of hydrogen-bond acceptors (Lipinski definition) is 4. The molecule has 0 bridgehead atoms. The molecular weight excluding hydrogens is 214 g/mol. The molecule has 0 unspecified atom stereocenters. The number of nitrogens with zero attached hydrogens (tertiary/aromatic N) is 2. The van der Waals surface area contributed by atoms with Gasteiger partial charge in [-0.2, -0.15) is 0 Å². The second-order valence-corrected chi connectivity index (χ2v) is 6.68. The van der Waals surface area contributed by atoms with E-state index in [1.54, 1.807) is 27.7 Å². The molecule has 6 heteroatoms. The lowest BCUT2D eigenvalue weighted by Crippen LogP contribution is -2.34. The molecule has 0 fully saturated rings. The van der Waals surface area contributed by atoms with Crippen LogP contribution in [0.4, 0.5) is 5.69 Å². The molecule has 84 valence electrons. The van der Waals surface area contributed by atoms with Crippen molar-refractivity contribution in [3.63, 3.8) is 0 Å². The van der Waals surface area contributed by atoms with Gasteiger partial charge in [0.05, 0.1) is 22.3 Å². The normalized spacial score (nSPS) is 12.5. The van der Waals surface area contributed by atoms with Gasteiger partial charge in [0.1, 0.15) is 6.33 Å². The Morgan fingerprint density at radius 1 is 1.33 bits per heavy atom. The smallest absolute Gasteiger partial charge is 0.237 e. The molecule has 5 nitrogen and oxygen atoms in total. The Hall–Kier alpha value is -1.17. The highest BCUT2D eigenvalue weighted by Gasteiger charge is 2.29. The van der Waals surface area contributed by atoms with Crippen LogP contribution in [0.1, 0.15) is 26.5 Å². The molecular formula is C9H15N3O2S. The van der Waals surface area contributed by atoms with E-state index in [9.17, 15) is 8.42 Å². The van der Waals surface area contributed by atoms with Crippen molar-refractivity contribution >= 4 is 15.7 Å².